The molecule has 1 aromatic carbocycles. The monoisotopic (exact) mass is 230 g/mol. The van der Waals surface area contributed by atoms with Gasteiger partial charge in [0.2, 0.25) is 0 Å². The molecule has 0 radical (unpaired) electrons. The first-order chi connectivity index (χ1) is 8.33. The highest BCUT2D eigenvalue weighted by atomic mass is 16.3. The third-order valence-corrected chi connectivity index (χ3v) is 2.65. The number of allylic oxidation sites excluding steroid dienone is 3. The number of aromatic hydroxyl groups is 1. The number of hydrogen-bond donors (Lipinski definition) is 1. The minimum Gasteiger partial charge on any atom is -0.508 e. The van der Waals surface area contributed by atoms with E-state index in [1.807, 2.05) is 24.3 Å². The van der Waals surface area contributed by atoms with E-state index in [2.05, 4.69) is 19.1 Å². The van der Waals surface area contributed by atoms with Crippen LogP contribution in [0.25, 0.3) is 6.08 Å². The molecule has 17 heavy (non-hydrogen) atoms. The molecule has 0 saturated heterocycles. The number of phenols is 1. The molecule has 0 aliphatic rings. The van der Waals surface area contributed by atoms with Crippen LogP contribution in [0.4, 0.5) is 0 Å². The Morgan fingerprint density at radius 1 is 1.00 bits per heavy atom. The van der Waals surface area contributed by atoms with Crippen molar-refractivity contribution in [2.24, 2.45) is 0 Å². The molecule has 0 spiro atoms. The maximum Gasteiger partial charge on any atom is 0.115 e. The van der Waals surface area contributed by atoms with E-state index in [9.17, 15) is 0 Å². The Kier molecular flexibility index (Phi) is 6.89. The van der Waals surface area contributed by atoms with E-state index >= 15 is 0 Å². The predicted molar refractivity (Wildman–Crippen MR) is 75.0 cm³/mol. The molecule has 0 aliphatic heterocycles. The van der Waals surface area contributed by atoms with Crippen LogP contribution >= 0.6 is 0 Å². The fourth-order valence-corrected chi connectivity index (χ4v) is 1.62. The Bertz CT molecular complexity index is 346. The van der Waals surface area contributed by atoms with Crippen molar-refractivity contribution in [1.82, 2.24) is 0 Å². The summed E-state index contributed by atoms with van der Waals surface area (Å²) >= 11 is 0. The molecule has 92 valence electrons. The first-order valence-corrected chi connectivity index (χ1v) is 6.45. The average Bonchev–Trinajstić information content (AvgIpc) is 2.35. The summed E-state index contributed by atoms with van der Waals surface area (Å²) in [6, 6.07) is 7.21. The molecule has 0 aromatic heterocycles. The Morgan fingerprint density at radius 2 is 1.76 bits per heavy atom. The van der Waals surface area contributed by atoms with Gasteiger partial charge in [-0.1, -0.05) is 62.6 Å². The van der Waals surface area contributed by atoms with E-state index in [1.165, 1.54) is 32.1 Å². The number of phenolic OH excluding ortho intramolecular Hbond substituents is 1. The summed E-state index contributed by atoms with van der Waals surface area (Å²) in [6.45, 7) is 2.23. The fraction of sp³-hybridized carbons (Fsp3) is 0.375. The zero-order valence-electron chi connectivity index (χ0n) is 10.6. The van der Waals surface area contributed by atoms with Crippen LogP contribution < -0.4 is 0 Å². The lowest BCUT2D eigenvalue weighted by Crippen LogP contribution is -1.73. The summed E-state index contributed by atoms with van der Waals surface area (Å²) < 4.78 is 0. The minimum absolute atomic E-state index is 0.314. The highest BCUT2D eigenvalue weighted by molar-refractivity contribution is 5.51. The minimum atomic E-state index is 0.314. The Morgan fingerprint density at radius 3 is 2.47 bits per heavy atom. The van der Waals surface area contributed by atoms with E-state index in [0.717, 1.165) is 5.56 Å². The van der Waals surface area contributed by atoms with Gasteiger partial charge in [-0.05, 0) is 30.5 Å². The fourth-order valence-electron chi connectivity index (χ4n) is 1.62. The molecule has 0 unspecified atom stereocenters. The third kappa shape index (κ3) is 6.62. The van der Waals surface area contributed by atoms with Crippen molar-refractivity contribution in [3.05, 3.63) is 48.1 Å². The Balaban J connectivity index is 2.21. The van der Waals surface area contributed by atoms with Gasteiger partial charge in [0.15, 0.2) is 0 Å². The molecule has 0 amide bonds. The van der Waals surface area contributed by atoms with E-state index < -0.39 is 0 Å². The smallest absolute Gasteiger partial charge is 0.115 e. The Labute approximate surface area is 104 Å². The van der Waals surface area contributed by atoms with Crippen LogP contribution in [0.1, 0.15) is 44.6 Å². The van der Waals surface area contributed by atoms with Crippen LogP contribution in [0.5, 0.6) is 5.75 Å². The molecule has 0 fully saturated rings. The van der Waals surface area contributed by atoms with E-state index in [0.29, 0.717) is 5.75 Å². The number of hydrogen-bond acceptors (Lipinski definition) is 1. The van der Waals surface area contributed by atoms with Crippen molar-refractivity contribution in [2.75, 3.05) is 0 Å². The number of benzene rings is 1. The van der Waals surface area contributed by atoms with Gasteiger partial charge in [-0.2, -0.15) is 0 Å². The molecule has 1 N–H and O–H groups in total. The molecule has 1 aromatic rings. The van der Waals surface area contributed by atoms with Crippen LogP contribution in [0.15, 0.2) is 42.5 Å². The topological polar surface area (TPSA) is 20.2 Å². The summed E-state index contributed by atoms with van der Waals surface area (Å²) in [5, 5.41) is 9.13. The summed E-state index contributed by atoms with van der Waals surface area (Å²) in [4.78, 5) is 0. The van der Waals surface area contributed by atoms with Crippen molar-refractivity contribution < 1.29 is 5.11 Å². The Hall–Kier alpha value is -1.50. The largest absolute Gasteiger partial charge is 0.508 e. The van der Waals surface area contributed by atoms with Gasteiger partial charge in [0.25, 0.3) is 0 Å². The quantitative estimate of drug-likeness (QED) is 0.520. The summed E-state index contributed by atoms with van der Waals surface area (Å²) in [5.74, 6) is 0.314. The van der Waals surface area contributed by atoms with Crippen molar-refractivity contribution in [2.45, 2.75) is 39.0 Å². The molecule has 1 heteroatoms. The van der Waals surface area contributed by atoms with Gasteiger partial charge in [-0.15, -0.1) is 0 Å². The number of unbranched alkanes of at least 4 members (excludes halogenated alkanes) is 4. The van der Waals surface area contributed by atoms with E-state index in [1.54, 1.807) is 12.1 Å². The second kappa shape index (κ2) is 8.63. The van der Waals surface area contributed by atoms with Crippen LogP contribution in [-0.2, 0) is 0 Å². The van der Waals surface area contributed by atoms with Crippen LogP contribution in [0, 0.1) is 0 Å². The predicted octanol–water partition coefficient (Wildman–Crippen LogP) is 4.93. The van der Waals surface area contributed by atoms with Gasteiger partial charge in [0.05, 0.1) is 0 Å². The lowest BCUT2D eigenvalue weighted by Gasteiger charge is -1.93. The summed E-state index contributed by atoms with van der Waals surface area (Å²) in [5.41, 5.74) is 1.11. The molecule has 1 nitrogen and oxygen atoms in total. The van der Waals surface area contributed by atoms with Gasteiger partial charge in [-0.3, -0.25) is 0 Å². The zero-order valence-corrected chi connectivity index (χ0v) is 10.6. The van der Waals surface area contributed by atoms with Crippen LogP contribution in [-0.4, -0.2) is 5.11 Å². The van der Waals surface area contributed by atoms with Gasteiger partial charge in [-0.25, -0.2) is 0 Å². The molecule has 0 heterocycles. The first kappa shape index (κ1) is 13.6. The molecule has 0 bridgehead atoms. The normalized spacial score (nSPS) is 11.6. The molecule has 0 saturated carbocycles. The molecular formula is C16H22O. The highest BCUT2D eigenvalue weighted by Gasteiger charge is 1.86. The maximum atomic E-state index is 9.13. The van der Waals surface area contributed by atoms with Gasteiger partial charge >= 0.3 is 0 Å². The standard InChI is InChI=1S/C16H22O/c1-2-3-4-5-6-7-8-9-10-15-11-13-16(17)14-12-15/h7-14,17H,2-6H2,1H3. The second-order valence-corrected chi connectivity index (χ2v) is 4.23. The molecular weight excluding hydrogens is 208 g/mol. The van der Waals surface area contributed by atoms with Gasteiger partial charge in [0.1, 0.15) is 5.75 Å². The van der Waals surface area contributed by atoms with E-state index in [4.69, 9.17) is 5.11 Å². The highest BCUT2D eigenvalue weighted by Crippen LogP contribution is 2.10. The molecule has 0 aliphatic carbocycles. The van der Waals surface area contributed by atoms with E-state index in [-0.39, 0.29) is 0 Å². The lowest BCUT2D eigenvalue weighted by molar-refractivity contribution is 0.475. The van der Waals surface area contributed by atoms with Crippen LogP contribution in [0.2, 0.25) is 0 Å². The summed E-state index contributed by atoms with van der Waals surface area (Å²) in [6.07, 6.45) is 14.8. The van der Waals surface area contributed by atoms with Crippen molar-refractivity contribution >= 4 is 6.08 Å². The van der Waals surface area contributed by atoms with Crippen LogP contribution in [0.3, 0.4) is 0 Å². The number of rotatable bonds is 7. The van der Waals surface area contributed by atoms with Crippen molar-refractivity contribution in [3.8, 4) is 5.75 Å². The molecule has 0 atom stereocenters. The van der Waals surface area contributed by atoms with Gasteiger partial charge < -0.3 is 5.11 Å². The lowest BCUT2D eigenvalue weighted by atomic mass is 10.1. The summed E-state index contributed by atoms with van der Waals surface area (Å²) in [7, 11) is 0. The average molecular weight is 230 g/mol. The second-order valence-electron chi connectivity index (χ2n) is 4.23. The maximum absolute atomic E-state index is 9.13. The third-order valence-electron chi connectivity index (χ3n) is 2.65. The van der Waals surface area contributed by atoms with Gasteiger partial charge in [0, 0.05) is 0 Å². The first-order valence-electron chi connectivity index (χ1n) is 6.45. The SMILES string of the molecule is CCCCCCC=CC=Cc1ccc(O)cc1. The van der Waals surface area contributed by atoms with Crippen molar-refractivity contribution in [3.63, 3.8) is 0 Å². The zero-order chi connectivity index (χ0) is 12.3. The van der Waals surface area contributed by atoms with Crippen molar-refractivity contribution in [1.29, 1.82) is 0 Å². The molecule has 1 rings (SSSR count).